The number of benzene rings is 1. The van der Waals surface area contributed by atoms with E-state index >= 15 is 0 Å². The van der Waals surface area contributed by atoms with Gasteiger partial charge < -0.3 is 0 Å². The standard InChI is InChI=1S/C8H8O3S.C4H10O3S/c9-12(10,11)7-6-8-4-2-1-3-5-8;1-3-4(2)8(5,6)7/h1-7H,(H,9,10,11);4H,3H2,1-2H3,(H,5,6,7). The maximum absolute atomic E-state index is 10.3. The molecule has 0 radical (unpaired) electrons. The molecular formula is C12H18O6S2. The van der Waals surface area contributed by atoms with Gasteiger partial charge in [0.05, 0.1) is 10.7 Å². The molecule has 0 heterocycles. The van der Waals surface area contributed by atoms with Crippen molar-refractivity contribution < 1.29 is 25.9 Å². The molecule has 1 unspecified atom stereocenters. The van der Waals surface area contributed by atoms with Crippen molar-refractivity contribution in [3.63, 3.8) is 0 Å². The van der Waals surface area contributed by atoms with Gasteiger partial charge in [0.15, 0.2) is 0 Å². The van der Waals surface area contributed by atoms with Gasteiger partial charge in [-0.3, -0.25) is 9.11 Å². The lowest BCUT2D eigenvalue weighted by molar-refractivity contribution is 0.468. The van der Waals surface area contributed by atoms with E-state index in [9.17, 15) is 16.8 Å². The SMILES string of the molecule is CCC(C)S(=O)(=O)O.O=S(=O)(O)C=Cc1ccccc1. The zero-order valence-corrected chi connectivity index (χ0v) is 12.8. The molecule has 8 heteroatoms. The first kappa shape index (κ1) is 18.8. The highest BCUT2D eigenvalue weighted by atomic mass is 32.2. The molecule has 114 valence electrons. The van der Waals surface area contributed by atoms with Crippen LogP contribution in [-0.2, 0) is 20.2 Å². The van der Waals surface area contributed by atoms with Crippen molar-refractivity contribution in [2.45, 2.75) is 25.5 Å². The zero-order chi connectivity index (χ0) is 15.8. The predicted octanol–water partition coefficient (Wildman–Crippen LogP) is 2.22. The van der Waals surface area contributed by atoms with Gasteiger partial charge in [0.1, 0.15) is 0 Å². The third-order valence-corrected chi connectivity index (χ3v) is 4.15. The summed E-state index contributed by atoms with van der Waals surface area (Å²) in [6.45, 7) is 3.17. The second-order valence-electron chi connectivity index (χ2n) is 3.96. The molecule has 0 bridgehead atoms. The van der Waals surface area contributed by atoms with E-state index in [1.165, 1.54) is 13.0 Å². The van der Waals surface area contributed by atoms with Gasteiger partial charge >= 0.3 is 0 Å². The van der Waals surface area contributed by atoms with Gasteiger partial charge in [0, 0.05) is 0 Å². The second-order valence-corrected chi connectivity index (χ2v) is 7.10. The maximum atomic E-state index is 10.3. The first-order valence-electron chi connectivity index (χ1n) is 5.73. The molecule has 2 N–H and O–H groups in total. The van der Waals surface area contributed by atoms with Crippen LogP contribution in [-0.4, -0.2) is 31.2 Å². The van der Waals surface area contributed by atoms with E-state index in [0.717, 1.165) is 11.0 Å². The normalized spacial score (nSPS) is 13.6. The quantitative estimate of drug-likeness (QED) is 0.823. The summed E-state index contributed by atoms with van der Waals surface area (Å²) in [6.07, 6.45) is 1.79. The Balaban J connectivity index is 0.000000396. The molecule has 1 aromatic rings. The lowest BCUT2D eigenvalue weighted by atomic mass is 10.2. The number of hydrogen-bond donors (Lipinski definition) is 2. The Kier molecular flexibility index (Phi) is 7.66. The molecule has 0 saturated heterocycles. The average molecular weight is 322 g/mol. The molecule has 1 rings (SSSR count). The highest BCUT2D eigenvalue weighted by Crippen LogP contribution is 2.02. The van der Waals surface area contributed by atoms with Gasteiger partial charge in [-0.15, -0.1) is 0 Å². The molecule has 6 nitrogen and oxygen atoms in total. The van der Waals surface area contributed by atoms with Crippen LogP contribution >= 0.6 is 0 Å². The molecule has 1 atom stereocenters. The summed E-state index contributed by atoms with van der Waals surface area (Å²) in [5.41, 5.74) is 0.732. The van der Waals surface area contributed by atoms with Crippen LogP contribution in [0.5, 0.6) is 0 Å². The Morgan fingerprint density at radius 1 is 1.10 bits per heavy atom. The third kappa shape index (κ3) is 9.68. The van der Waals surface area contributed by atoms with Crippen molar-refractivity contribution in [3.05, 3.63) is 41.3 Å². The zero-order valence-electron chi connectivity index (χ0n) is 11.2. The third-order valence-electron chi connectivity index (χ3n) is 2.32. The Morgan fingerprint density at radius 3 is 1.90 bits per heavy atom. The van der Waals surface area contributed by atoms with Crippen molar-refractivity contribution in [1.29, 1.82) is 0 Å². The summed E-state index contributed by atoms with van der Waals surface area (Å²) in [6, 6.07) is 8.86. The molecule has 0 aromatic heterocycles. The van der Waals surface area contributed by atoms with Crippen molar-refractivity contribution in [3.8, 4) is 0 Å². The van der Waals surface area contributed by atoms with Crippen molar-refractivity contribution in [1.82, 2.24) is 0 Å². The summed E-state index contributed by atoms with van der Waals surface area (Å²) in [5, 5.41) is 0.130. The summed E-state index contributed by atoms with van der Waals surface area (Å²) in [4.78, 5) is 0. The minimum Gasteiger partial charge on any atom is -0.285 e. The number of hydrogen-bond acceptors (Lipinski definition) is 4. The molecule has 0 aliphatic carbocycles. The van der Waals surface area contributed by atoms with E-state index < -0.39 is 25.5 Å². The summed E-state index contributed by atoms with van der Waals surface area (Å²) in [5.74, 6) is 0. The second kappa shape index (κ2) is 8.15. The largest absolute Gasteiger partial charge is 0.287 e. The van der Waals surface area contributed by atoms with Crippen LogP contribution in [0.25, 0.3) is 6.08 Å². The van der Waals surface area contributed by atoms with E-state index in [0.29, 0.717) is 6.42 Å². The van der Waals surface area contributed by atoms with Crippen LogP contribution in [0, 0.1) is 0 Å². The molecule has 0 fully saturated rings. The van der Waals surface area contributed by atoms with E-state index in [2.05, 4.69) is 0 Å². The lowest BCUT2D eigenvalue weighted by Gasteiger charge is -2.00. The fourth-order valence-electron chi connectivity index (χ4n) is 0.939. The van der Waals surface area contributed by atoms with Crippen molar-refractivity contribution >= 4 is 26.3 Å². The average Bonchev–Trinajstić information content (AvgIpc) is 2.35. The van der Waals surface area contributed by atoms with Crippen LogP contribution in [0.1, 0.15) is 25.8 Å². The van der Waals surface area contributed by atoms with Crippen molar-refractivity contribution in [2.24, 2.45) is 0 Å². The molecule has 0 saturated carbocycles. The van der Waals surface area contributed by atoms with Gasteiger partial charge in [-0.1, -0.05) is 37.3 Å². The van der Waals surface area contributed by atoms with E-state index in [1.54, 1.807) is 31.2 Å². The van der Waals surface area contributed by atoms with Gasteiger partial charge in [-0.2, -0.15) is 16.8 Å². The molecule has 0 aliphatic rings. The maximum Gasteiger partial charge on any atom is 0.287 e. The number of rotatable bonds is 4. The minimum atomic E-state index is -4.00. The summed E-state index contributed by atoms with van der Waals surface area (Å²) in [7, 11) is -7.76. The molecule has 0 aliphatic heterocycles. The molecular weight excluding hydrogens is 304 g/mol. The van der Waals surface area contributed by atoms with Crippen molar-refractivity contribution in [2.75, 3.05) is 0 Å². The molecule has 20 heavy (non-hydrogen) atoms. The highest BCUT2D eigenvalue weighted by Gasteiger charge is 2.13. The molecule has 0 amide bonds. The van der Waals surface area contributed by atoms with E-state index in [4.69, 9.17) is 9.11 Å². The lowest BCUT2D eigenvalue weighted by Crippen LogP contribution is -2.14. The predicted molar refractivity (Wildman–Crippen MR) is 78.3 cm³/mol. The first-order valence-corrected chi connectivity index (χ1v) is 8.74. The Hall–Kier alpha value is -1.22. The molecule has 1 aromatic carbocycles. The smallest absolute Gasteiger partial charge is 0.285 e. The summed E-state index contributed by atoms with van der Waals surface area (Å²) < 4.78 is 57.4. The van der Waals surface area contributed by atoms with Gasteiger partial charge in [-0.25, -0.2) is 0 Å². The van der Waals surface area contributed by atoms with Gasteiger partial charge in [0.2, 0.25) is 0 Å². The van der Waals surface area contributed by atoms with Crippen LogP contribution in [0.2, 0.25) is 0 Å². The fourth-order valence-corrected chi connectivity index (χ4v) is 1.69. The van der Waals surface area contributed by atoms with Gasteiger partial charge in [0.25, 0.3) is 20.2 Å². The van der Waals surface area contributed by atoms with Crippen LogP contribution in [0.15, 0.2) is 35.7 Å². The highest BCUT2D eigenvalue weighted by molar-refractivity contribution is 7.88. The Morgan fingerprint density at radius 2 is 1.60 bits per heavy atom. The van der Waals surface area contributed by atoms with Crippen LogP contribution in [0.4, 0.5) is 0 Å². The van der Waals surface area contributed by atoms with E-state index in [1.807, 2.05) is 6.07 Å². The van der Waals surface area contributed by atoms with Crippen LogP contribution < -0.4 is 0 Å². The van der Waals surface area contributed by atoms with Gasteiger partial charge in [-0.05, 0) is 25.0 Å². The topological polar surface area (TPSA) is 109 Å². The Labute approximate surface area is 119 Å². The minimum absolute atomic E-state index is 0.457. The fraction of sp³-hybridized carbons (Fsp3) is 0.333. The molecule has 0 spiro atoms. The van der Waals surface area contributed by atoms with Crippen LogP contribution in [0.3, 0.4) is 0 Å². The monoisotopic (exact) mass is 322 g/mol. The van der Waals surface area contributed by atoms with E-state index in [-0.39, 0.29) is 0 Å². The Bertz CT molecular complexity index is 617. The summed E-state index contributed by atoms with van der Waals surface area (Å²) >= 11 is 0. The first-order chi connectivity index (χ1) is 9.06.